The molecule has 3 rings (SSSR count). The minimum absolute atomic E-state index is 0.0833. The zero-order chi connectivity index (χ0) is 21.0. The predicted molar refractivity (Wildman–Crippen MR) is 107 cm³/mol. The Morgan fingerprint density at radius 2 is 1.90 bits per heavy atom. The van der Waals surface area contributed by atoms with E-state index in [0.717, 1.165) is 24.4 Å². The molecule has 6 nitrogen and oxygen atoms in total. The van der Waals surface area contributed by atoms with Gasteiger partial charge in [0.05, 0.1) is 6.61 Å². The van der Waals surface area contributed by atoms with Crippen LogP contribution in [0.3, 0.4) is 0 Å². The van der Waals surface area contributed by atoms with E-state index < -0.39 is 23.5 Å². The number of hydrogen-bond donors (Lipinski definition) is 0. The van der Waals surface area contributed by atoms with Gasteiger partial charge in [-0.25, -0.2) is 14.2 Å². The van der Waals surface area contributed by atoms with Crippen molar-refractivity contribution < 1.29 is 23.5 Å². The second kappa shape index (κ2) is 9.37. The summed E-state index contributed by atoms with van der Waals surface area (Å²) in [6.07, 6.45) is 1.33. The molecule has 0 aliphatic carbocycles. The predicted octanol–water partition coefficient (Wildman–Crippen LogP) is 3.34. The number of hydrogen-bond acceptors (Lipinski definition) is 7. The van der Waals surface area contributed by atoms with Gasteiger partial charge >= 0.3 is 5.97 Å². The first-order valence-corrected chi connectivity index (χ1v) is 10.4. The molecule has 1 aliphatic rings. The van der Waals surface area contributed by atoms with E-state index >= 15 is 0 Å². The van der Waals surface area contributed by atoms with Gasteiger partial charge in [0.15, 0.2) is 17.3 Å². The second-order valence-corrected chi connectivity index (χ2v) is 7.97. The maximum Gasteiger partial charge on any atom is 0.357 e. The van der Waals surface area contributed by atoms with Crippen LogP contribution in [0.15, 0.2) is 29.6 Å². The van der Waals surface area contributed by atoms with E-state index in [2.05, 4.69) is 9.88 Å². The molecule has 8 heteroatoms. The van der Waals surface area contributed by atoms with Crippen molar-refractivity contribution in [3.05, 3.63) is 51.7 Å². The van der Waals surface area contributed by atoms with Gasteiger partial charge in [-0.05, 0) is 64.2 Å². The average molecular weight is 418 g/mol. The Morgan fingerprint density at radius 1 is 1.24 bits per heavy atom. The van der Waals surface area contributed by atoms with Crippen LogP contribution < -0.4 is 0 Å². The number of ketones is 2. The molecule has 1 saturated heterocycles. The van der Waals surface area contributed by atoms with Gasteiger partial charge in [-0.3, -0.25) is 9.59 Å². The lowest BCUT2D eigenvalue weighted by Crippen LogP contribution is -2.37. The number of ether oxygens (including phenoxy) is 1. The van der Waals surface area contributed by atoms with Gasteiger partial charge in [-0.15, -0.1) is 11.3 Å². The summed E-state index contributed by atoms with van der Waals surface area (Å²) in [6.45, 7) is 3.45. The topological polar surface area (TPSA) is 76.6 Å². The number of aromatic nitrogens is 1. The molecule has 2 aromatic rings. The van der Waals surface area contributed by atoms with Crippen molar-refractivity contribution in [2.24, 2.45) is 5.92 Å². The van der Waals surface area contributed by atoms with E-state index in [1.165, 1.54) is 29.6 Å². The second-order valence-electron chi connectivity index (χ2n) is 7.08. The lowest BCUT2D eigenvalue weighted by Gasteiger charge is -2.29. The third-order valence-electron chi connectivity index (χ3n) is 5.05. The first-order chi connectivity index (χ1) is 13.9. The molecule has 0 N–H and O–H groups in total. The van der Waals surface area contributed by atoms with Crippen molar-refractivity contribution in [1.29, 1.82) is 0 Å². The highest BCUT2D eigenvalue weighted by Crippen LogP contribution is 2.31. The molecule has 154 valence electrons. The number of halogens is 1. The van der Waals surface area contributed by atoms with Crippen molar-refractivity contribution in [3.63, 3.8) is 0 Å². The molecule has 2 heterocycles. The summed E-state index contributed by atoms with van der Waals surface area (Å²) in [6, 6.07) is 5.12. The molecular weight excluding hydrogens is 395 g/mol. The van der Waals surface area contributed by atoms with Crippen molar-refractivity contribution in [1.82, 2.24) is 9.88 Å². The molecule has 0 saturated carbocycles. The molecule has 0 amide bonds. The van der Waals surface area contributed by atoms with Gasteiger partial charge in [0.1, 0.15) is 16.7 Å². The number of rotatable bonds is 7. The molecule has 1 aromatic heterocycles. The molecule has 0 bridgehead atoms. The molecule has 1 aliphatic heterocycles. The molecule has 0 spiro atoms. The van der Waals surface area contributed by atoms with Gasteiger partial charge in [0.2, 0.25) is 0 Å². The highest BCUT2D eigenvalue weighted by Gasteiger charge is 2.37. The highest BCUT2D eigenvalue weighted by atomic mass is 32.1. The number of piperidine rings is 1. The Labute approximate surface area is 172 Å². The number of carbonyl (C=O) groups excluding carboxylic acids is 3. The normalized spacial score (nSPS) is 16.4. The maximum absolute atomic E-state index is 13.3. The molecule has 1 atom stereocenters. The Kier molecular flexibility index (Phi) is 6.87. The maximum atomic E-state index is 13.3. The Hall–Kier alpha value is -2.45. The Balaban J connectivity index is 1.93. The standard InChI is InChI=1S/C21H23FN2O4S/c1-3-28-21(27)16-12-29-20(23-16)17(18(25)13-4-6-15(22)7-5-13)19(26)14-8-10-24(2)11-9-14/h4-7,12,14,17H,3,8-11H2,1-2H3. The molecule has 0 radical (unpaired) electrons. The third-order valence-corrected chi connectivity index (χ3v) is 5.96. The van der Waals surface area contributed by atoms with Crippen LogP contribution in [-0.4, -0.2) is 54.2 Å². The minimum atomic E-state index is -1.11. The Morgan fingerprint density at radius 3 is 2.52 bits per heavy atom. The van der Waals surface area contributed by atoms with Gasteiger partial charge in [0.25, 0.3) is 0 Å². The van der Waals surface area contributed by atoms with Crippen molar-refractivity contribution in [2.45, 2.75) is 25.7 Å². The summed E-state index contributed by atoms with van der Waals surface area (Å²) in [5, 5.41) is 1.77. The van der Waals surface area contributed by atoms with Crippen LogP contribution in [0.1, 0.15) is 51.5 Å². The van der Waals surface area contributed by atoms with E-state index in [1.54, 1.807) is 6.92 Å². The number of thiazole rings is 1. The Bertz CT molecular complexity index is 888. The number of Topliss-reactive ketones (excluding diaryl/α,β-unsaturated/α-hetero) is 2. The summed E-state index contributed by atoms with van der Waals surface area (Å²) < 4.78 is 18.2. The molecule has 1 aromatic carbocycles. The largest absolute Gasteiger partial charge is 0.461 e. The lowest BCUT2D eigenvalue weighted by atomic mass is 9.82. The molecule has 29 heavy (non-hydrogen) atoms. The van der Waals surface area contributed by atoms with Crippen LogP contribution >= 0.6 is 11.3 Å². The summed E-state index contributed by atoms with van der Waals surface area (Å²) >= 11 is 1.09. The minimum Gasteiger partial charge on any atom is -0.461 e. The first kappa shape index (κ1) is 21.3. The summed E-state index contributed by atoms with van der Waals surface area (Å²) in [7, 11) is 1.99. The first-order valence-electron chi connectivity index (χ1n) is 9.55. The molecular formula is C21H23FN2O4S. The van der Waals surface area contributed by atoms with Crippen molar-refractivity contribution >= 4 is 28.9 Å². The van der Waals surface area contributed by atoms with E-state index in [-0.39, 0.29) is 34.6 Å². The van der Waals surface area contributed by atoms with E-state index in [4.69, 9.17) is 4.74 Å². The number of esters is 1. The van der Waals surface area contributed by atoms with Crippen LogP contribution in [-0.2, 0) is 9.53 Å². The fraction of sp³-hybridized carbons (Fsp3) is 0.429. The number of benzene rings is 1. The monoisotopic (exact) mass is 418 g/mol. The van der Waals surface area contributed by atoms with Crippen LogP contribution in [0.4, 0.5) is 4.39 Å². The lowest BCUT2D eigenvalue weighted by molar-refractivity contribution is -0.124. The zero-order valence-corrected chi connectivity index (χ0v) is 17.2. The number of nitrogens with zero attached hydrogens (tertiary/aromatic N) is 2. The smallest absolute Gasteiger partial charge is 0.357 e. The van der Waals surface area contributed by atoms with Gasteiger partial charge in [-0.1, -0.05) is 0 Å². The van der Waals surface area contributed by atoms with Gasteiger partial charge in [0, 0.05) is 16.9 Å². The average Bonchev–Trinajstić information content (AvgIpc) is 3.19. The van der Waals surface area contributed by atoms with Crippen LogP contribution in [0.25, 0.3) is 0 Å². The zero-order valence-electron chi connectivity index (χ0n) is 16.4. The van der Waals surface area contributed by atoms with Crippen LogP contribution in [0.5, 0.6) is 0 Å². The SMILES string of the molecule is CCOC(=O)c1csc(C(C(=O)c2ccc(F)cc2)C(=O)C2CCN(C)CC2)n1. The fourth-order valence-electron chi connectivity index (χ4n) is 3.39. The molecule has 1 unspecified atom stereocenters. The van der Waals surface area contributed by atoms with E-state index in [1.807, 2.05) is 7.05 Å². The number of likely N-dealkylation sites (tertiary alicyclic amines) is 1. The summed E-state index contributed by atoms with van der Waals surface area (Å²) in [5.74, 6) is -3.04. The fourth-order valence-corrected chi connectivity index (χ4v) is 4.28. The third kappa shape index (κ3) is 4.94. The molecule has 1 fully saturated rings. The summed E-state index contributed by atoms with van der Waals surface area (Å²) in [4.78, 5) is 44.9. The van der Waals surface area contributed by atoms with Gasteiger partial charge in [-0.2, -0.15) is 0 Å². The van der Waals surface area contributed by atoms with Crippen molar-refractivity contribution in [3.8, 4) is 0 Å². The van der Waals surface area contributed by atoms with Crippen molar-refractivity contribution in [2.75, 3.05) is 26.7 Å². The van der Waals surface area contributed by atoms with Crippen LogP contribution in [0, 0.1) is 11.7 Å². The van der Waals surface area contributed by atoms with E-state index in [9.17, 15) is 18.8 Å². The van der Waals surface area contributed by atoms with E-state index in [0.29, 0.717) is 12.8 Å². The number of carbonyl (C=O) groups is 3. The summed E-state index contributed by atoms with van der Waals surface area (Å²) in [5.41, 5.74) is 0.325. The highest BCUT2D eigenvalue weighted by molar-refractivity contribution is 7.10. The van der Waals surface area contributed by atoms with Gasteiger partial charge < -0.3 is 9.64 Å². The quantitative estimate of drug-likeness (QED) is 0.390. The van der Waals surface area contributed by atoms with Crippen LogP contribution in [0.2, 0.25) is 0 Å².